The van der Waals surface area contributed by atoms with Crippen LogP contribution in [0.4, 0.5) is 4.79 Å². The Hall–Kier alpha value is -1.21. The summed E-state index contributed by atoms with van der Waals surface area (Å²) in [6, 6.07) is -0.691. The highest BCUT2D eigenvalue weighted by Gasteiger charge is 2.49. The lowest BCUT2D eigenvalue weighted by molar-refractivity contribution is -0.149. The quantitative estimate of drug-likeness (QED) is 0.440. The van der Waals surface area contributed by atoms with Crippen LogP contribution < -0.4 is 0 Å². The van der Waals surface area contributed by atoms with E-state index in [9.17, 15) is 9.59 Å². The average Bonchev–Trinajstić information content (AvgIpc) is 2.71. The van der Waals surface area contributed by atoms with Gasteiger partial charge in [0.2, 0.25) is 6.29 Å². The van der Waals surface area contributed by atoms with Crippen molar-refractivity contribution < 1.29 is 23.8 Å². The fourth-order valence-electron chi connectivity index (χ4n) is 1.81. The van der Waals surface area contributed by atoms with Gasteiger partial charge >= 0.3 is 12.1 Å². The molecule has 1 aliphatic heterocycles. The standard InChI is InChI=1S/C13H21NO5S/c1-6-7-18-11(15)10-13(3,4)20-8-14(10)12(16)19-9(2)17-5/h6,9-10H,1,7-8H2,2-5H3. The molecule has 0 spiro atoms. The molecule has 2 unspecified atom stereocenters. The number of carbonyl (C=O) groups is 2. The summed E-state index contributed by atoms with van der Waals surface area (Å²) >= 11 is 1.50. The maximum absolute atomic E-state index is 12.1. The van der Waals surface area contributed by atoms with E-state index in [4.69, 9.17) is 14.2 Å². The second-order valence-electron chi connectivity index (χ2n) is 4.86. The molecule has 0 radical (unpaired) electrons. The van der Waals surface area contributed by atoms with Crippen LogP contribution in [0.3, 0.4) is 0 Å². The van der Waals surface area contributed by atoms with E-state index >= 15 is 0 Å². The molecular formula is C13H21NO5S. The molecule has 1 heterocycles. The van der Waals surface area contributed by atoms with E-state index in [0.29, 0.717) is 5.88 Å². The monoisotopic (exact) mass is 303 g/mol. The average molecular weight is 303 g/mol. The third kappa shape index (κ3) is 3.89. The second kappa shape index (κ2) is 6.99. The molecule has 2 atom stereocenters. The SMILES string of the molecule is C=CCOC(=O)C1N(C(=O)OC(C)OC)CSC1(C)C. The number of hydrogen-bond donors (Lipinski definition) is 0. The molecule has 0 N–H and O–H groups in total. The third-order valence-electron chi connectivity index (χ3n) is 2.95. The first-order valence-corrected chi connectivity index (χ1v) is 7.23. The molecule has 1 amide bonds. The molecule has 1 fully saturated rings. The Bertz CT molecular complexity index is 385. The predicted molar refractivity (Wildman–Crippen MR) is 76.3 cm³/mol. The summed E-state index contributed by atoms with van der Waals surface area (Å²) in [5.74, 6) is -0.0854. The van der Waals surface area contributed by atoms with Gasteiger partial charge in [-0.05, 0) is 20.8 Å². The van der Waals surface area contributed by atoms with E-state index in [1.54, 1.807) is 6.92 Å². The van der Waals surface area contributed by atoms with Crippen molar-refractivity contribution in [1.82, 2.24) is 4.90 Å². The van der Waals surface area contributed by atoms with Crippen LogP contribution in [0, 0.1) is 0 Å². The lowest BCUT2D eigenvalue weighted by atomic mass is 10.0. The first-order chi connectivity index (χ1) is 9.33. The molecule has 114 valence electrons. The van der Waals surface area contributed by atoms with Gasteiger partial charge in [-0.15, -0.1) is 11.8 Å². The van der Waals surface area contributed by atoms with Crippen LogP contribution in [-0.2, 0) is 19.0 Å². The molecule has 1 saturated heterocycles. The number of nitrogens with zero attached hydrogens (tertiary/aromatic N) is 1. The molecule has 20 heavy (non-hydrogen) atoms. The maximum atomic E-state index is 12.1. The van der Waals surface area contributed by atoms with Gasteiger partial charge in [-0.1, -0.05) is 12.7 Å². The molecule has 0 aromatic carbocycles. The number of methoxy groups -OCH3 is 1. The van der Waals surface area contributed by atoms with E-state index in [0.717, 1.165) is 0 Å². The number of hydrogen-bond acceptors (Lipinski definition) is 6. The van der Waals surface area contributed by atoms with Gasteiger partial charge in [-0.3, -0.25) is 4.90 Å². The van der Waals surface area contributed by atoms with Gasteiger partial charge < -0.3 is 14.2 Å². The minimum absolute atomic E-state index is 0.118. The van der Waals surface area contributed by atoms with Crippen LogP contribution in [0.5, 0.6) is 0 Å². The van der Waals surface area contributed by atoms with E-state index in [1.165, 1.54) is 29.8 Å². The van der Waals surface area contributed by atoms with Gasteiger partial charge in [-0.25, -0.2) is 9.59 Å². The summed E-state index contributed by atoms with van der Waals surface area (Å²) in [6.07, 6.45) is 0.238. The third-order valence-corrected chi connectivity index (χ3v) is 4.32. The summed E-state index contributed by atoms with van der Waals surface area (Å²) in [4.78, 5) is 25.6. The molecule has 0 aromatic heterocycles. The summed E-state index contributed by atoms with van der Waals surface area (Å²) in [5, 5.41) is 0. The highest BCUT2D eigenvalue weighted by atomic mass is 32.2. The molecule has 1 rings (SSSR count). The minimum Gasteiger partial charge on any atom is -0.460 e. The topological polar surface area (TPSA) is 65.1 Å². The van der Waals surface area contributed by atoms with Crippen LogP contribution in [0.2, 0.25) is 0 Å². The molecule has 6 nitrogen and oxygen atoms in total. The Balaban J connectivity index is 2.81. The van der Waals surface area contributed by atoms with E-state index in [-0.39, 0.29) is 6.61 Å². The van der Waals surface area contributed by atoms with Crippen molar-refractivity contribution in [2.45, 2.75) is 37.9 Å². The highest BCUT2D eigenvalue weighted by Crippen LogP contribution is 2.40. The summed E-state index contributed by atoms with van der Waals surface area (Å²) in [5.41, 5.74) is 0. The number of ether oxygens (including phenoxy) is 3. The Morgan fingerprint density at radius 3 is 2.75 bits per heavy atom. The zero-order chi connectivity index (χ0) is 15.3. The molecule has 1 aliphatic rings. The fourth-order valence-corrected chi connectivity index (χ4v) is 2.92. The van der Waals surface area contributed by atoms with Crippen LogP contribution in [0.25, 0.3) is 0 Å². The van der Waals surface area contributed by atoms with Crippen molar-refractivity contribution in [3.8, 4) is 0 Å². The fraction of sp³-hybridized carbons (Fsp3) is 0.692. The van der Waals surface area contributed by atoms with Crippen molar-refractivity contribution >= 4 is 23.8 Å². The van der Waals surface area contributed by atoms with Crippen molar-refractivity contribution in [3.05, 3.63) is 12.7 Å². The Morgan fingerprint density at radius 2 is 2.20 bits per heavy atom. The zero-order valence-corrected chi connectivity index (χ0v) is 13.1. The first kappa shape index (κ1) is 16.8. The number of rotatable bonds is 5. The van der Waals surface area contributed by atoms with Gasteiger partial charge in [0, 0.05) is 11.9 Å². The van der Waals surface area contributed by atoms with E-state index < -0.39 is 29.1 Å². The number of thioether (sulfide) groups is 1. The van der Waals surface area contributed by atoms with Crippen molar-refractivity contribution in [2.75, 3.05) is 19.6 Å². The maximum Gasteiger partial charge on any atom is 0.413 e. The van der Waals surface area contributed by atoms with Crippen molar-refractivity contribution in [2.24, 2.45) is 0 Å². The van der Waals surface area contributed by atoms with Crippen LogP contribution >= 0.6 is 11.8 Å². The van der Waals surface area contributed by atoms with Gasteiger partial charge in [0.15, 0.2) is 0 Å². The molecular weight excluding hydrogens is 282 g/mol. The van der Waals surface area contributed by atoms with E-state index in [2.05, 4.69) is 6.58 Å². The van der Waals surface area contributed by atoms with Crippen LogP contribution in [0.15, 0.2) is 12.7 Å². The molecule has 0 aliphatic carbocycles. The van der Waals surface area contributed by atoms with Crippen LogP contribution in [-0.4, -0.2) is 53.6 Å². The molecule has 0 saturated carbocycles. The zero-order valence-electron chi connectivity index (χ0n) is 12.3. The van der Waals surface area contributed by atoms with Gasteiger partial charge in [0.05, 0.1) is 5.88 Å². The Labute approximate surface area is 123 Å². The van der Waals surface area contributed by atoms with Gasteiger partial charge in [-0.2, -0.15) is 0 Å². The highest BCUT2D eigenvalue weighted by molar-refractivity contribution is 8.00. The lowest BCUT2D eigenvalue weighted by Crippen LogP contribution is -2.50. The van der Waals surface area contributed by atoms with Gasteiger partial charge in [0.25, 0.3) is 0 Å². The van der Waals surface area contributed by atoms with Crippen molar-refractivity contribution in [3.63, 3.8) is 0 Å². The first-order valence-electron chi connectivity index (χ1n) is 6.25. The van der Waals surface area contributed by atoms with E-state index in [1.807, 2.05) is 13.8 Å². The molecule has 7 heteroatoms. The Kier molecular flexibility index (Phi) is 5.88. The second-order valence-corrected chi connectivity index (χ2v) is 6.45. The number of carbonyl (C=O) groups excluding carboxylic acids is 2. The predicted octanol–water partition coefficient (Wildman–Crippen LogP) is 2.00. The van der Waals surface area contributed by atoms with Gasteiger partial charge in [0.1, 0.15) is 12.6 Å². The minimum atomic E-state index is -0.691. The largest absolute Gasteiger partial charge is 0.460 e. The summed E-state index contributed by atoms with van der Waals surface area (Å²) in [6.45, 7) is 9.01. The van der Waals surface area contributed by atoms with Crippen LogP contribution in [0.1, 0.15) is 20.8 Å². The molecule has 0 aromatic rings. The number of amides is 1. The normalized spacial score (nSPS) is 22.2. The van der Waals surface area contributed by atoms with Crippen molar-refractivity contribution in [1.29, 1.82) is 0 Å². The summed E-state index contributed by atoms with van der Waals surface area (Å²) in [7, 11) is 1.44. The lowest BCUT2D eigenvalue weighted by Gasteiger charge is -2.29. The smallest absolute Gasteiger partial charge is 0.413 e. The summed E-state index contributed by atoms with van der Waals surface area (Å²) < 4.78 is 14.6. The molecule has 0 bridgehead atoms. The Morgan fingerprint density at radius 1 is 1.55 bits per heavy atom. The number of esters is 1.